The van der Waals surface area contributed by atoms with Crippen molar-refractivity contribution in [2.75, 3.05) is 19.6 Å². The zero-order valence-electron chi connectivity index (χ0n) is 10.1. The maximum Gasteiger partial charge on any atom is 0.308 e. The topological polar surface area (TPSA) is 40.5 Å². The lowest BCUT2D eigenvalue weighted by atomic mass is 9.89. The quantitative estimate of drug-likeness (QED) is 0.926. The number of benzene rings is 1. The van der Waals surface area contributed by atoms with E-state index in [2.05, 4.69) is 0 Å². The van der Waals surface area contributed by atoms with Gasteiger partial charge in [-0.1, -0.05) is 29.8 Å². The molecule has 1 fully saturated rings. The van der Waals surface area contributed by atoms with Gasteiger partial charge in [-0.25, -0.2) is 8.78 Å². The fourth-order valence-electron chi connectivity index (χ4n) is 2.57. The van der Waals surface area contributed by atoms with Crippen molar-refractivity contribution in [2.45, 2.75) is 12.3 Å². The highest BCUT2D eigenvalue weighted by Gasteiger charge is 2.39. The third kappa shape index (κ3) is 3.22. The van der Waals surface area contributed by atoms with Gasteiger partial charge in [-0.15, -0.1) is 0 Å². The first-order valence-electron chi connectivity index (χ1n) is 5.96. The molecule has 1 aromatic rings. The van der Waals surface area contributed by atoms with Gasteiger partial charge in [-0.2, -0.15) is 0 Å². The van der Waals surface area contributed by atoms with Crippen molar-refractivity contribution in [1.29, 1.82) is 0 Å². The largest absolute Gasteiger partial charge is 0.481 e. The van der Waals surface area contributed by atoms with Crippen molar-refractivity contribution in [3.8, 4) is 0 Å². The molecule has 104 valence electrons. The molecule has 0 unspecified atom stereocenters. The van der Waals surface area contributed by atoms with Crippen LogP contribution < -0.4 is 0 Å². The van der Waals surface area contributed by atoms with Crippen molar-refractivity contribution in [1.82, 2.24) is 4.90 Å². The molecule has 1 heterocycles. The molecular weight excluding hydrogens is 276 g/mol. The van der Waals surface area contributed by atoms with Crippen molar-refractivity contribution in [2.24, 2.45) is 5.92 Å². The first-order valence-corrected chi connectivity index (χ1v) is 6.34. The molecular formula is C13H14ClF2NO2. The zero-order valence-corrected chi connectivity index (χ0v) is 10.9. The van der Waals surface area contributed by atoms with Gasteiger partial charge in [0.05, 0.1) is 12.5 Å². The van der Waals surface area contributed by atoms with E-state index in [1.165, 1.54) is 4.90 Å². The van der Waals surface area contributed by atoms with Crippen molar-refractivity contribution >= 4 is 17.6 Å². The molecule has 1 aliphatic rings. The molecule has 0 aliphatic carbocycles. The number of halogens is 3. The number of carboxylic acids is 1. The van der Waals surface area contributed by atoms with Crippen LogP contribution in [0.25, 0.3) is 0 Å². The van der Waals surface area contributed by atoms with E-state index < -0.39 is 24.9 Å². The summed E-state index contributed by atoms with van der Waals surface area (Å²) in [6.07, 6.45) is -2.46. The minimum atomic E-state index is -2.46. The van der Waals surface area contributed by atoms with Gasteiger partial charge in [0.25, 0.3) is 6.43 Å². The van der Waals surface area contributed by atoms with E-state index in [0.29, 0.717) is 17.1 Å². The SMILES string of the molecule is O=C(O)[C@H]1CN(CC(F)F)C[C@H]1c1ccccc1Cl. The Morgan fingerprint density at radius 3 is 2.68 bits per heavy atom. The fourth-order valence-corrected chi connectivity index (χ4v) is 2.85. The van der Waals surface area contributed by atoms with E-state index in [1.54, 1.807) is 24.3 Å². The highest BCUT2D eigenvalue weighted by molar-refractivity contribution is 6.31. The van der Waals surface area contributed by atoms with Crippen LogP contribution in [0.2, 0.25) is 5.02 Å². The average molecular weight is 290 g/mol. The molecule has 19 heavy (non-hydrogen) atoms. The van der Waals surface area contributed by atoms with Gasteiger partial charge in [-0.3, -0.25) is 9.69 Å². The zero-order chi connectivity index (χ0) is 14.0. The van der Waals surface area contributed by atoms with E-state index in [1.807, 2.05) is 0 Å². The number of nitrogens with zero attached hydrogens (tertiary/aromatic N) is 1. The molecule has 0 amide bonds. The first-order chi connectivity index (χ1) is 8.99. The lowest BCUT2D eigenvalue weighted by Crippen LogP contribution is -2.27. The van der Waals surface area contributed by atoms with E-state index in [-0.39, 0.29) is 12.5 Å². The number of hydrogen-bond donors (Lipinski definition) is 1. The number of likely N-dealkylation sites (tertiary alicyclic amines) is 1. The van der Waals surface area contributed by atoms with E-state index in [0.717, 1.165) is 0 Å². The Kier molecular flexibility index (Phi) is 4.37. The average Bonchev–Trinajstić information content (AvgIpc) is 2.72. The number of carbonyl (C=O) groups is 1. The number of rotatable bonds is 4. The number of aliphatic carboxylic acids is 1. The fraction of sp³-hybridized carbons (Fsp3) is 0.462. The summed E-state index contributed by atoms with van der Waals surface area (Å²) < 4.78 is 24.8. The second-order valence-electron chi connectivity index (χ2n) is 4.68. The normalized spacial score (nSPS) is 24.0. The second-order valence-corrected chi connectivity index (χ2v) is 5.09. The molecule has 0 bridgehead atoms. The van der Waals surface area contributed by atoms with E-state index >= 15 is 0 Å². The van der Waals surface area contributed by atoms with Crippen LogP contribution in [-0.2, 0) is 4.79 Å². The summed E-state index contributed by atoms with van der Waals surface area (Å²) in [4.78, 5) is 12.8. The Hall–Kier alpha value is -1.20. The monoisotopic (exact) mass is 289 g/mol. The molecule has 0 radical (unpaired) electrons. The van der Waals surface area contributed by atoms with Crippen LogP contribution in [0.3, 0.4) is 0 Å². The lowest BCUT2D eigenvalue weighted by molar-refractivity contribution is -0.141. The molecule has 2 rings (SSSR count). The van der Waals surface area contributed by atoms with Crippen molar-refractivity contribution in [3.05, 3.63) is 34.9 Å². The smallest absolute Gasteiger partial charge is 0.308 e. The Morgan fingerprint density at radius 2 is 2.11 bits per heavy atom. The number of alkyl halides is 2. The third-order valence-corrected chi connectivity index (χ3v) is 3.76. The summed E-state index contributed by atoms with van der Waals surface area (Å²) in [7, 11) is 0. The van der Waals surface area contributed by atoms with Crippen LogP contribution >= 0.6 is 11.6 Å². The molecule has 0 saturated carbocycles. The standard InChI is InChI=1S/C13H14ClF2NO2/c14-11-4-2-1-3-8(11)9-5-17(7-12(15)16)6-10(9)13(18)19/h1-4,9-10,12H,5-7H2,(H,18,19)/t9-,10-/m0/s1. The van der Waals surface area contributed by atoms with Crippen LogP contribution in [0.1, 0.15) is 11.5 Å². The van der Waals surface area contributed by atoms with E-state index in [4.69, 9.17) is 11.6 Å². The van der Waals surface area contributed by atoms with E-state index in [9.17, 15) is 18.7 Å². The second kappa shape index (κ2) is 5.84. The van der Waals surface area contributed by atoms with Crippen LogP contribution in [0.15, 0.2) is 24.3 Å². The molecule has 3 nitrogen and oxygen atoms in total. The lowest BCUT2D eigenvalue weighted by Gasteiger charge is -2.16. The van der Waals surface area contributed by atoms with Gasteiger partial charge in [0.2, 0.25) is 0 Å². The molecule has 2 atom stereocenters. The molecule has 1 N–H and O–H groups in total. The summed E-state index contributed by atoms with van der Waals surface area (Å²) in [5, 5.41) is 9.71. The number of hydrogen-bond acceptors (Lipinski definition) is 2. The third-order valence-electron chi connectivity index (χ3n) is 3.41. The minimum Gasteiger partial charge on any atom is -0.481 e. The van der Waals surface area contributed by atoms with Gasteiger partial charge in [0, 0.05) is 24.0 Å². The predicted octanol–water partition coefficient (Wildman–Crippen LogP) is 2.71. The molecule has 0 spiro atoms. The van der Waals surface area contributed by atoms with Crippen molar-refractivity contribution < 1.29 is 18.7 Å². The van der Waals surface area contributed by atoms with Gasteiger partial charge in [0.1, 0.15) is 0 Å². The summed E-state index contributed by atoms with van der Waals surface area (Å²) in [6.45, 7) is 0.0331. The Balaban J connectivity index is 2.22. The Labute approximate surface area is 114 Å². The van der Waals surface area contributed by atoms with Crippen LogP contribution in [0, 0.1) is 5.92 Å². The first kappa shape index (κ1) is 14.2. The summed E-state index contributed by atoms with van der Waals surface area (Å²) in [5.74, 6) is -2.01. The van der Waals surface area contributed by atoms with Crippen molar-refractivity contribution in [3.63, 3.8) is 0 Å². The Morgan fingerprint density at radius 1 is 1.42 bits per heavy atom. The summed E-state index contributed by atoms with van der Waals surface area (Å²) in [5.41, 5.74) is 0.716. The molecule has 1 aromatic carbocycles. The van der Waals surface area contributed by atoms with Crippen LogP contribution in [-0.4, -0.2) is 42.0 Å². The molecule has 0 aromatic heterocycles. The highest BCUT2D eigenvalue weighted by atomic mass is 35.5. The maximum atomic E-state index is 12.4. The van der Waals surface area contributed by atoms with Gasteiger partial charge in [-0.05, 0) is 11.6 Å². The molecule has 1 saturated heterocycles. The highest BCUT2D eigenvalue weighted by Crippen LogP contribution is 2.36. The predicted molar refractivity (Wildman–Crippen MR) is 67.8 cm³/mol. The maximum absolute atomic E-state index is 12.4. The van der Waals surface area contributed by atoms with Gasteiger partial charge < -0.3 is 5.11 Å². The van der Waals surface area contributed by atoms with Gasteiger partial charge in [0.15, 0.2) is 0 Å². The number of carboxylic acid groups (broad SMARTS) is 1. The molecule has 6 heteroatoms. The van der Waals surface area contributed by atoms with Crippen LogP contribution in [0.5, 0.6) is 0 Å². The summed E-state index contributed by atoms with van der Waals surface area (Å²) in [6, 6.07) is 6.98. The van der Waals surface area contributed by atoms with Crippen LogP contribution in [0.4, 0.5) is 8.78 Å². The molecule has 1 aliphatic heterocycles. The van der Waals surface area contributed by atoms with Gasteiger partial charge >= 0.3 is 5.97 Å². The minimum absolute atomic E-state index is 0.134. The Bertz CT molecular complexity index is 470. The summed E-state index contributed by atoms with van der Waals surface area (Å²) >= 11 is 6.07.